The predicted octanol–water partition coefficient (Wildman–Crippen LogP) is 1.30. The number of carbonyl (C=O) groups excluding carboxylic acids is 1. The van der Waals surface area contributed by atoms with Crippen molar-refractivity contribution < 1.29 is 14.3 Å². The Balaban J connectivity index is 2.37. The molecule has 0 aromatic carbocycles. The Kier molecular flexibility index (Phi) is 5.77. The van der Waals surface area contributed by atoms with Crippen LogP contribution in [-0.4, -0.2) is 50.3 Å². The van der Waals surface area contributed by atoms with E-state index in [1.807, 2.05) is 13.8 Å². The summed E-state index contributed by atoms with van der Waals surface area (Å²) in [5, 5.41) is 0. The normalized spacial score (nSPS) is 24.1. The van der Waals surface area contributed by atoms with Gasteiger partial charge < -0.3 is 9.47 Å². The van der Waals surface area contributed by atoms with E-state index >= 15 is 0 Å². The van der Waals surface area contributed by atoms with E-state index in [4.69, 9.17) is 9.47 Å². The second-order valence-corrected chi connectivity index (χ2v) is 4.40. The molecule has 1 fully saturated rings. The van der Waals surface area contributed by atoms with Gasteiger partial charge in [-0.3, -0.25) is 9.69 Å². The Morgan fingerprint density at radius 1 is 1.56 bits per heavy atom. The Hall–Kier alpha value is -0.610. The van der Waals surface area contributed by atoms with Gasteiger partial charge in [0.15, 0.2) is 0 Å². The Morgan fingerprint density at radius 2 is 2.31 bits per heavy atom. The predicted molar refractivity (Wildman–Crippen MR) is 62.3 cm³/mol. The molecule has 4 nitrogen and oxygen atoms in total. The number of nitrogens with zero attached hydrogens (tertiary/aromatic N) is 1. The van der Waals surface area contributed by atoms with Crippen molar-refractivity contribution in [1.29, 1.82) is 0 Å². The fraction of sp³-hybridized carbons (Fsp3) is 0.917. The van der Waals surface area contributed by atoms with Crippen molar-refractivity contribution in [2.24, 2.45) is 5.92 Å². The number of ether oxygens (including phenoxy) is 2. The molecule has 0 spiro atoms. The van der Waals surface area contributed by atoms with Gasteiger partial charge in [-0.1, -0.05) is 0 Å². The van der Waals surface area contributed by atoms with Crippen molar-refractivity contribution in [2.75, 3.05) is 33.4 Å². The van der Waals surface area contributed by atoms with Gasteiger partial charge in [-0.25, -0.2) is 0 Å². The standard InChI is InChI=1S/C12H23NO3/c1-4-16-12(14)11-6-5-7-13(9-11)8-10(2)15-3/h10-11H,4-9H2,1-3H3/t10?,11-/m1/s1. The highest BCUT2D eigenvalue weighted by Crippen LogP contribution is 2.18. The summed E-state index contributed by atoms with van der Waals surface area (Å²) in [6.45, 7) is 7.14. The molecule has 4 heteroatoms. The molecule has 1 heterocycles. The van der Waals surface area contributed by atoms with Crippen LogP contribution in [0.5, 0.6) is 0 Å². The highest BCUT2D eigenvalue weighted by atomic mass is 16.5. The number of likely N-dealkylation sites (tertiary alicyclic amines) is 1. The summed E-state index contributed by atoms with van der Waals surface area (Å²) in [4.78, 5) is 13.9. The molecule has 0 amide bonds. The van der Waals surface area contributed by atoms with E-state index in [-0.39, 0.29) is 18.0 Å². The smallest absolute Gasteiger partial charge is 0.310 e. The summed E-state index contributed by atoms with van der Waals surface area (Å²) in [5.74, 6) is 0.00928. The van der Waals surface area contributed by atoms with Crippen molar-refractivity contribution in [1.82, 2.24) is 4.90 Å². The molecule has 0 aromatic rings. The van der Waals surface area contributed by atoms with Gasteiger partial charge in [-0.05, 0) is 33.2 Å². The van der Waals surface area contributed by atoms with Gasteiger partial charge in [0, 0.05) is 20.2 Å². The first-order valence-corrected chi connectivity index (χ1v) is 6.09. The van der Waals surface area contributed by atoms with Gasteiger partial charge in [0.05, 0.1) is 18.6 Å². The van der Waals surface area contributed by atoms with Crippen molar-refractivity contribution >= 4 is 5.97 Å². The molecular weight excluding hydrogens is 206 g/mol. The van der Waals surface area contributed by atoms with Gasteiger partial charge >= 0.3 is 5.97 Å². The molecule has 0 aromatic heterocycles. The molecule has 0 N–H and O–H groups in total. The van der Waals surface area contributed by atoms with Crippen molar-refractivity contribution in [3.8, 4) is 0 Å². The number of hydrogen-bond acceptors (Lipinski definition) is 4. The van der Waals surface area contributed by atoms with Crippen LogP contribution in [-0.2, 0) is 14.3 Å². The molecule has 1 aliphatic heterocycles. The van der Waals surface area contributed by atoms with E-state index in [9.17, 15) is 4.79 Å². The Bertz CT molecular complexity index is 220. The molecule has 1 aliphatic rings. The number of rotatable bonds is 5. The first-order chi connectivity index (χ1) is 7.67. The molecule has 2 atom stereocenters. The Morgan fingerprint density at radius 3 is 2.94 bits per heavy atom. The highest BCUT2D eigenvalue weighted by molar-refractivity contribution is 5.72. The summed E-state index contributed by atoms with van der Waals surface area (Å²) in [7, 11) is 1.72. The molecule has 0 aliphatic carbocycles. The average Bonchev–Trinajstić information content (AvgIpc) is 2.29. The third-order valence-corrected chi connectivity index (χ3v) is 3.04. The maximum absolute atomic E-state index is 11.6. The first-order valence-electron chi connectivity index (χ1n) is 6.09. The van der Waals surface area contributed by atoms with Crippen LogP contribution in [0.2, 0.25) is 0 Å². The summed E-state index contributed by atoms with van der Waals surface area (Å²) in [6.07, 6.45) is 2.25. The highest BCUT2D eigenvalue weighted by Gasteiger charge is 2.27. The van der Waals surface area contributed by atoms with Gasteiger partial charge in [-0.15, -0.1) is 0 Å². The molecule has 0 radical (unpaired) electrons. The van der Waals surface area contributed by atoms with Crippen LogP contribution in [0.4, 0.5) is 0 Å². The molecule has 0 saturated carbocycles. The van der Waals surface area contributed by atoms with Crippen molar-refractivity contribution in [3.63, 3.8) is 0 Å². The van der Waals surface area contributed by atoms with Crippen molar-refractivity contribution in [3.05, 3.63) is 0 Å². The third-order valence-electron chi connectivity index (χ3n) is 3.04. The van der Waals surface area contributed by atoms with Gasteiger partial charge in [0.1, 0.15) is 0 Å². The molecule has 1 saturated heterocycles. The van der Waals surface area contributed by atoms with E-state index in [0.29, 0.717) is 6.61 Å². The van der Waals surface area contributed by atoms with Crippen LogP contribution in [0.25, 0.3) is 0 Å². The van der Waals surface area contributed by atoms with Gasteiger partial charge in [0.25, 0.3) is 0 Å². The number of esters is 1. The zero-order valence-electron chi connectivity index (χ0n) is 10.6. The van der Waals surface area contributed by atoms with E-state index < -0.39 is 0 Å². The maximum Gasteiger partial charge on any atom is 0.310 e. The molecule has 0 bridgehead atoms. The summed E-state index contributed by atoms with van der Waals surface area (Å²) >= 11 is 0. The molecule has 94 valence electrons. The molecule has 1 unspecified atom stereocenters. The van der Waals surface area contributed by atoms with E-state index in [1.54, 1.807) is 7.11 Å². The van der Waals surface area contributed by atoms with Crippen LogP contribution in [0.3, 0.4) is 0 Å². The minimum Gasteiger partial charge on any atom is -0.466 e. The zero-order chi connectivity index (χ0) is 12.0. The summed E-state index contributed by atoms with van der Waals surface area (Å²) in [5.41, 5.74) is 0. The largest absolute Gasteiger partial charge is 0.466 e. The lowest BCUT2D eigenvalue weighted by atomic mass is 9.98. The summed E-state index contributed by atoms with van der Waals surface area (Å²) < 4.78 is 10.3. The number of methoxy groups -OCH3 is 1. The van der Waals surface area contributed by atoms with Crippen LogP contribution in [0, 0.1) is 5.92 Å². The lowest BCUT2D eigenvalue weighted by Crippen LogP contribution is -2.42. The second kappa shape index (κ2) is 6.86. The van der Waals surface area contributed by atoms with Crippen LogP contribution in [0.1, 0.15) is 26.7 Å². The minimum atomic E-state index is -0.0442. The van der Waals surface area contributed by atoms with Gasteiger partial charge in [-0.2, -0.15) is 0 Å². The van der Waals surface area contributed by atoms with Crippen molar-refractivity contribution in [2.45, 2.75) is 32.8 Å². The monoisotopic (exact) mass is 229 g/mol. The fourth-order valence-corrected chi connectivity index (χ4v) is 2.11. The van der Waals surface area contributed by atoms with Crippen LogP contribution < -0.4 is 0 Å². The van der Waals surface area contributed by atoms with E-state index in [1.165, 1.54) is 0 Å². The fourth-order valence-electron chi connectivity index (χ4n) is 2.11. The SMILES string of the molecule is CCOC(=O)[C@@H]1CCCN(CC(C)OC)C1. The quantitative estimate of drug-likeness (QED) is 0.666. The summed E-state index contributed by atoms with van der Waals surface area (Å²) in [6, 6.07) is 0. The first kappa shape index (κ1) is 13.5. The average molecular weight is 229 g/mol. The number of piperidine rings is 1. The van der Waals surface area contributed by atoms with Crippen LogP contribution >= 0.6 is 0 Å². The minimum absolute atomic E-state index is 0.0442. The zero-order valence-corrected chi connectivity index (χ0v) is 10.6. The van der Waals surface area contributed by atoms with Gasteiger partial charge in [0.2, 0.25) is 0 Å². The molecular formula is C12H23NO3. The molecule has 1 rings (SSSR count). The Labute approximate surface area is 97.9 Å². The maximum atomic E-state index is 11.6. The molecule has 16 heavy (non-hydrogen) atoms. The number of hydrogen-bond donors (Lipinski definition) is 0. The lowest BCUT2D eigenvalue weighted by Gasteiger charge is -2.32. The number of carbonyl (C=O) groups is 1. The van der Waals surface area contributed by atoms with E-state index in [2.05, 4.69) is 4.90 Å². The second-order valence-electron chi connectivity index (χ2n) is 4.40. The third kappa shape index (κ3) is 4.10. The van der Waals surface area contributed by atoms with E-state index in [0.717, 1.165) is 32.5 Å². The topological polar surface area (TPSA) is 38.8 Å². The lowest BCUT2D eigenvalue weighted by molar-refractivity contribution is -0.150. The van der Waals surface area contributed by atoms with Crippen LogP contribution in [0.15, 0.2) is 0 Å².